The van der Waals surface area contributed by atoms with E-state index < -0.39 is 100 Å². The fourth-order valence-electron chi connectivity index (χ4n) is 6.44. The topological polar surface area (TPSA) is 253 Å². The molecule has 280 valence electrons. The molecule has 3 aliphatic rings. The maximum Gasteiger partial charge on any atom is 0.472 e. The van der Waals surface area contributed by atoms with Gasteiger partial charge in [0.25, 0.3) is 11.5 Å². The number of nitrogens with zero attached hydrogens (tertiary/aromatic N) is 6. The molecule has 0 aliphatic carbocycles. The first kappa shape index (κ1) is 35.7. The first-order valence-electron chi connectivity index (χ1n) is 15.8. The highest BCUT2D eigenvalue weighted by atomic mass is 31.2. The number of hydrogen-bond acceptors (Lipinski definition) is 14. The molecule has 5 aromatic rings. The van der Waals surface area contributed by atoms with Crippen LogP contribution in [0.4, 0.5) is 14.6 Å². The number of ether oxygens (including phenoxy) is 2. The number of hydrogen-bond donors (Lipinski definition) is 4. The van der Waals surface area contributed by atoms with Crippen LogP contribution in [0.5, 0.6) is 0 Å². The van der Waals surface area contributed by atoms with Gasteiger partial charge in [0.2, 0.25) is 0 Å². The predicted octanol–water partition coefficient (Wildman–Crippen LogP) is 2.74. The lowest BCUT2D eigenvalue weighted by Gasteiger charge is -2.26. The molecule has 3 aliphatic heterocycles. The molecule has 1 aromatic carbocycles. The Balaban J connectivity index is 1.07. The van der Waals surface area contributed by atoms with Crippen LogP contribution in [0.3, 0.4) is 0 Å². The van der Waals surface area contributed by atoms with Crippen molar-refractivity contribution in [2.45, 2.75) is 50.0 Å². The molecular formula is C29H28F2N8O12P2. The van der Waals surface area contributed by atoms with Crippen molar-refractivity contribution >= 4 is 49.6 Å². The van der Waals surface area contributed by atoms with Crippen molar-refractivity contribution in [3.8, 4) is 0 Å². The van der Waals surface area contributed by atoms with Crippen molar-refractivity contribution in [2.75, 3.05) is 18.5 Å². The van der Waals surface area contributed by atoms with Gasteiger partial charge in [-0.25, -0.2) is 37.8 Å². The summed E-state index contributed by atoms with van der Waals surface area (Å²) in [5.74, 6) is -2.37. The van der Waals surface area contributed by atoms with Gasteiger partial charge in [0.1, 0.15) is 30.0 Å². The van der Waals surface area contributed by atoms with Gasteiger partial charge < -0.3 is 34.1 Å². The Kier molecular flexibility index (Phi) is 9.09. The van der Waals surface area contributed by atoms with Gasteiger partial charge in [-0.05, 0) is 12.1 Å². The SMILES string of the molecule is C[C@H]1[C@H]2OP(=O)(O)OC[C@H]3O[C@@H](n4cnc5c(NC(=O)c6ccccc6)ncnc54)[C@H](F)[C@@H]3OP(=O)(O)OC[C@H]1O[C@H]2n1cc(F)c2c(=O)[nH]cnc21. The average Bonchev–Trinajstić information content (AvgIpc) is 3.87. The summed E-state index contributed by atoms with van der Waals surface area (Å²) in [6.45, 7) is -0.0957. The van der Waals surface area contributed by atoms with E-state index in [9.17, 15) is 32.9 Å². The summed E-state index contributed by atoms with van der Waals surface area (Å²) in [4.78, 5) is 65.4. The number of phosphoric ester groups is 2. The number of amides is 1. The maximum absolute atomic E-state index is 16.3. The monoisotopic (exact) mass is 780 g/mol. The van der Waals surface area contributed by atoms with Crippen LogP contribution in [0.1, 0.15) is 29.7 Å². The zero-order valence-corrected chi connectivity index (χ0v) is 28.8. The molecule has 53 heavy (non-hydrogen) atoms. The van der Waals surface area contributed by atoms with Crippen molar-refractivity contribution in [1.29, 1.82) is 0 Å². The number of carbonyl (C=O) groups excluding carboxylic acids is 1. The van der Waals surface area contributed by atoms with Crippen LogP contribution >= 0.6 is 15.6 Å². The molecule has 0 radical (unpaired) electrons. The van der Waals surface area contributed by atoms with Crippen molar-refractivity contribution in [2.24, 2.45) is 5.92 Å². The van der Waals surface area contributed by atoms with Crippen molar-refractivity contribution in [3.05, 3.63) is 77.2 Å². The molecular weight excluding hydrogens is 752 g/mol. The molecule has 24 heteroatoms. The fourth-order valence-corrected chi connectivity index (χ4v) is 8.39. The van der Waals surface area contributed by atoms with Crippen LogP contribution in [0, 0.1) is 11.7 Å². The summed E-state index contributed by atoms with van der Waals surface area (Å²) in [6, 6.07) is 8.25. The lowest BCUT2D eigenvalue weighted by Crippen LogP contribution is -2.34. The normalized spacial score (nSPS) is 33.6. The Morgan fingerprint density at radius 2 is 1.64 bits per heavy atom. The van der Waals surface area contributed by atoms with E-state index in [4.69, 9.17) is 27.6 Å². The Morgan fingerprint density at radius 1 is 0.943 bits per heavy atom. The summed E-state index contributed by atoms with van der Waals surface area (Å²) >= 11 is 0. The van der Waals surface area contributed by atoms with Crippen LogP contribution in [-0.4, -0.2) is 93.5 Å². The van der Waals surface area contributed by atoms with Crippen LogP contribution in [-0.2, 0) is 36.7 Å². The smallest absolute Gasteiger partial charge is 0.349 e. The van der Waals surface area contributed by atoms with E-state index in [0.717, 1.165) is 34.3 Å². The maximum atomic E-state index is 16.3. The highest BCUT2D eigenvalue weighted by molar-refractivity contribution is 7.47. The predicted molar refractivity (Wildman–Crippen MR) is 173 cm³/mol. The first-order valence-corrected chi connectivity index (χ1v) is 18.8. The summed E-state index contributed by atoms with van der Waals surface area (Å²) in [6.07, 6.45) is -7.31. The number of rotatable bonds is 4. The molecule has 1 amide bonds. The number of fused-ring (bicyclic) bond motifs is 5. The lowest BCUT2D eigenvalue weighted by molar-refractivity contribution is -0.0668. The number of benzene rings is 1. The number of aromatic nitrogens is 7. The highest BCUT2D eigenvalue weighted by Gasteiger charge is 2.54. The molecule has 2 unspecified atom stereocenters. The third kappa shape index (κ3) is 6.60. The van der Waals surface area contributed by atoms with E-state index in [1.165, 1.54) is 6.92 Å². The number of anilines is 1. The van der Waals surface area contributed by atoms with Crippen LogP contribution < -0.4 is 10.9 Å². The van der Waals surface area contributed by atoms with Crippen molar-refractivity contribution < 1.29 is 60.1 Å². The molecule has 3 fully saturated rings. The van der Waals surface area contributed by atoms with Gasteiger partial charge in [-0.1, -0.05) is 25.1 Å². The zero-order chi connectivity index (χ0) is 37.2. The zero-order valence-electron chi connectivity index (χ0n) is 27.0. The Hall–Kier alpha value is -4.34. The first-order chi connectivity index (χ1) is 25.3. The van der Waals surface area contributed by atoms with Gasteiger partial charge in [0, 0.05) is 17.7 Å². The van der Waals surface area contributed by atoms with E-state index in [-0.39, 0.29) is 22.6 Å². The summed E-state index contributed by atoms with van der Waals surface area (Å²) in [5, 5.41) is 2.20. The number of H-pyrrole nitrogens is 1. The van der Waals surface area contributed by atoms with Gasteiger partial charge in [0.05, 0.1) is 32.0 Å². The van der Waals surface area contributed by atoms with Gasteiger partial charge in [0.15, 0.2) is 47.1 Å². The van der Waals surface area contributed by atoms with E-state index in [1.807, 2.05) is 0 Å². The second kappa shape index (κ2) is 13.5. The van der Waals surface area contributed by atoms with Crippen LogP contribution in [0.15, 0.2) is 60.3 Å². The van der Waals surface area contributed by atoms with Gasteiger partial charge in [-0.15, -0.1) is 0 Å². The Bertz CT molecular complexity index is 2360. The Labute approximate surface area is 295 Å². The number of phosphoric acid groups is 2. The quantitative estimate of drug-likeness (QED) is 0.191. The third-order valence-electron chi connectivity index (χ3n) is 9.02. The van der Waals surface area contributed by atoms with Gasteiger partial charge in [-0.2, -0.15) is 0 Å². The lowest BCUT2D eigenvalue weighted by atomic mass is 10.0. The van der Waals surface area contributed by atoms with Gasteiger partial charge >= 0.3 is 15.6 Å². The summed E-state index contributed by atoms with van der Waals surface area (Å²) in [5.41, 5.74) is -0.617. The standard InChI is InChI=1S/C29H28F2N8O12P2/c1-13-16-8-46-53(44,45)51-22-17(9-47-52(42,43)50-21(13)29(48-16)38-7-15(30)18-24(38)33-11-35-27(18)41)49-28(19(22)31)39-12-36-20-23(32-10-34-25(20)39)37-26(40)14-5-3-2-4-6-14/h2-7,10-13,16-17,19,21-22,28-29H,8-9H2,1H3,(H,42,43)(H,44,45)(H,33,35,41)(H,32,34,37,40)/t13-,16-,17-,19-,21-,22-,28-,29-/m1/s1. The molecule has 7 heterocycles. The van der Waals surface area contributed by atoms with Crippen LogP contribution in [0.2, 0.25) is 0 Å². The molecule has 2 bridgehead atoms. The van der Waals surface area contributed by atoms with Crippen molar-refractivity contribution in [1.82, 2.24) is 34.1 Å². The van der Waals surface area contributed by atoms with E-state index in [2.05, 4.69) is 30.2 Å². The Morgan fingerprint density at radius 3 is 2.40 bits per heavy atom. The summed E-state index contributed by atoms with van der Waals surface area (Å²) < 4.78 is 93.1. The van der Waals surface area contributed by atoms with Crippen molar-refractivity contribution in [3.63, 3.8) is 0 Å². The number of aromatic amines is 1. The number of carbonyl (C=O) groups is 1. The van der Waals surface area contributed by atoms with E-state index in [0.29, 0.717) is 5.56 Å². The number of imidazole rings is 1. The van der Waals surface area contributed by atoms with Crippen LogP contribution in [0.25, 0.3) is 22.2 Å². The minimum absolute atomic E-state index is 0.00705. The molecule has 0 saturated carbocycles. The number of alkyl halides is 1. The number of halogens is 2. The second-order valence-electron chi connectivity index (χ2n) is 12.3. The minimum atomic E-state index is -5.14. The third-order valence-corrected chi connectivity index (χ3v) is 11.0. The number of nitrogens with one attached hydrogen (secondary N) is 2. The second-order valence-corrected chi connectivity index (χ2v) is 15.1. The highest BCUT2D eigenvalue weighted by Crippen LogP contribution is 2.55. The van der Waals surface area contributed by atoms with E-state index >= 15 is 4.39 Å². The minimum Gasteiger partial charge on any atom is -0.349 e. The molecule has 3 saturated heterocycles. The molecule has 8 rings (SSSR count). The molecule has 10 atom stereocenters. The largest absolute Gasteiger partial charge is 0.472 e. The van der Waals surface area contributed by atoms with Gasteiger partial charge in [-0.3, -0.25) is 32.3 Å². The van der Waals surface area contributed by atoms with E-state index in [1.54, 1.807) is 30.3 Å². The molecule has 20 nitrogen and oxygen atoms in total. The fraction of sp³-hybridized carbons (Fsp3) is 0.379. The molecule has 4 aromatic heterocycles. The molecule has 0 spiro atoms. The molecule has 4 N–H and O–H groups in total. The summed E-state index contributed by atoms with van der Waals surface area (Å²) in [7, 11) is -10.2. The average molecular weight is 781 g/mol.